The summed E-state index contributed by atoms with van der Waals surface area (Å²) in [5.41, 5.74) is 0. The number of aliphatic hydroxyl groups excluding tert-OH is 4. The molecule has 0 saturated heterocycles. The minimum atomic E-state index is -1.08. The van der Waals surface area contributed by atoms with Crippen molar-refractivity contribution in [2.24, 2.45) is 0 Å². The molecule has 0 bridgehead atoms. The third-order valence-corrected chi connectivity index (χ3v) is 7.25. The zero-order valence-corrected chi connectivity index (χ0v) is 27.0. The van der Waals surface area contributed by atoms with E-state index in [1.54, 1.807) is 13.8 Å². The van der Waals surface area contributed by atoms with E-state index in [-0.39, 0.29) is 32.1 Å². The van der Waals surface area contributed by atoms with Crippen LogP contribution in [0.1, 0.15) is 104 Å². The number of aliphatic hydroxyl groups is 4. The minimum absolute atomic E-state index is 0.000774. The van der Waals surface area contributed by atoms with Crippen LogP contribution in [0.5, 0.6) is 0 Å². The van der Waals surface area contributed by atoms with E-state index in [2.05, 4.69) is 12.2 Å². The summed E-state index contributed by atoms with van der Waals surface area (Å²) in [5.74, 6) is -1.08. The summed E-state index contributed by atoms with van der Waals surface area (Å²) in [6, 6.07) is 0. The van der Waals surface area contributed by atoms with E-state index in [0.29, 0.717) is 43.3 Å². The van der Waals surface area contributed by atoms with Gasteiger partial charge in [0.1, 0.15) is 6.54 Å². The lowest BCUT2D eigenvalue weighted by Crippen LogP contribution is -2.49. The Morgan fingerprint density at radius 3 is 1.95 bits per heavy atom. The largest absolute Gasteiger partial charge is 0.544 e. The Morgan fingerprint density at radius 1 is 0.786 bits per heavy atom. The third kappa shape index (κ3) is 23.2. The topological polar surface area (TPSA) is 169 Å². The number of amides is 1. The van der Waals surface area contributed by atoms with Gasteiger partial charge in [-0.25, -0.2) is 0 Å². The van der Waals surface area contributed by atoms with Gasteiger partial charge in [-0.1, -0.05) is 51.9 Å². The summed E-state index contributed by atoms with van der Waals surface area (Å²) in [7, 11) is 3.65. The van der Waals surface area contributed by atoms with Crippen LogP contribution in [-0.2, 0) is 19.1 Å². The molecule has 0 aromatic carbocycles. The fraction of sp³-hybridized carbons (Fsp3) is 0.935. The van der Waals surface area contributed by atoms with Crippen LogP contribution in [0, 0.1) is 0 Å². The second kappa shape index (κ2) is 24.0. The third-order valence-electron chi connectivity index (χ3n) is 7.25. The van der Waals surface area contributed by atoms with Gasteiger partial charge in [0.05, 0.1) is 76.4 Å². The molecule has 250 valence electrons. The molecule has 0 aliphatic heterocycles. The lowest BCUT2D eigenvalue weighted by Gasteiger charge is -2.30. The molecule has 5 N–H and O–H groups in total. The number of ether oxygens (including phenoxy) is 2. The number of carbonyl (C=O) groups excluding carboxylic acids is 2. The van der Waals surface area contributed by atoms with Crippen molar-refractivity contribution in [3.8, 4) is 0 Å². The zero-order chi connectivity index (χ0) is 32.0. The highest BCUT2D eigenvalue weighted by molar-refractivity contribution is 5.75. The van der Waals surface area contributed by atoms with E-state index in [4.69, 9.17) is 9.47 Å². The minimum Gasteiger partial charge on any atom is -0.544 e. The van der Waals surface area contributed by atoms with Gasteiger partial charge in [0.25, 0.3) is 0 Å². The molecule has 0 radical (unpaired) electrons. The highest BCUT2D eigenvalue weighted by atomic mass is 16.5. The molecule has 0 aliphatic carbocycles. The Labute approximate surface area is 254 Å². The van der Waals surface area contributed by atoms with Gasteiger partial charge in [0.15, 0.2) is 0 Å². The number of aliphatic carboxylic acids is 1. The summed E-state index contributed by atoms with van der Waals surface area (Å²) in [5, 5.41) is 54.8. The standard InChI is InChI=1S/C31H62N2O9/c1-6-7-11-15-26(36)29(42-23-25(3)35)20-27(37)28(41-22-24(2)34)16-12-9-8-10-13-17-30(38)32-18-14-19-33(4,5)21-31(39)40/h24-29,34-37H,6-23H2,1-5H3,(H-,32,38,39,40). The van der Waals surface area contributed by atoms with Crippen molar-refractivity contribution in [3.63, 3.8) is 0 Å². The van der Waals surface area contributed by atoms with E-state index >= 15 is 0 Å². The smallest absolute Gasteiger partial charge is 0.219 e. The average molecular weight is 607 g/mol. The summed E-state index contributed by atoms with van der Waals surface area (Å²) in [4.78, 5) is 22.9. The molecule has 42 heavy (non-hydrogen) atoms. The molecule has 0 aromatic rings. The molecule has 6 unspecified atom stereocenters. The maximum atomic E-state index is 12.1. The number of carboxylic acids is 1. The van der Waals surface area contributed by atoms with Crippen LogP contribution < -0.4 is 10.4 Å². The van der Waals surface area contributed by atoms with E-state index in [1.165, 1.54) is 0 Å². The van der Waals surface area contributed by atoms with Gasteiger partial charge in [0, 0.05) is 25.8 Å². The summed E-state index contributed by atoms with van der Waals surface area (Å²) in [6.07, 6.45) is 5.59. The van der Waals surface area contributed by atoms with Crippen LogP contribution >= 0.6 is 0 Å². The zero-order valence-electron chi connectivity index (χ0n) is 27.0. The predicted octanol–water partition coefficient (Wildman–Crippen LogP) is 1.27. The molecule has 6 atom stereocenters. The lowest BCUT2D eigenvalue weighted by molar-refractivity contribution is -0.884. The van der Waals surface area contributed by atoms with Crippen molar-refractivity contribution in [3.05, 3.63) is 0 Å². The van der Waals surface area contributed by atoms with Crippen molar-refractivity contribution in [1.29, 1.82) is 0 Å². The maximum absolute atomic E-state index is 12.1. The number of nitrogens with zero attached hydrogens (tertiary/aromatic N) is 1. The Balaban J connectivity index is 4.50. The SMILES string of the molecule is CCCCCC(O)C(CC(O)C(CCCCCCCC(=O)NCCC[N+](C)(C)CC(=O)[O-])OCC(C)O)OCC(C)O. The van der Waals surface area contributed by atoms with Crippen molar-refractivity contribution in [1.82, 2.24) is 5.32 Å². The number of nitrogens with one attached hydrogen (secondary N) is 1. The molecule has 11 nitrogen and oxygen atoms in total. The van der Waals surface area contributed by atoms with Gasteiger partial charge in [-0.05, 0) is 33.1 Å². The number of hydrogen-bond donors (Lipinski definition) is 5. The monoisotopic (exact) mass is 606 g/mol. The maximum Gasteiger partial charge on any atom is 0.219 e. The van der Waals surface area contributed by atoms with Crippen LogP contribution in [0.25, 0.3) is 0 Å². The van der Waals surface area contributed by atoms with Crippen LogP contribution in [0.4, 0.5) is 0 Å². The molecule has 0 aromatic heterocycles. The summed E-state index contributed by atoms with van der Waals surface area (Å²) >= 11 is 0. The Hall–Kier alpha value is -1.34. The van der Waals surface area contributed by atoms with Crippen molar-refractivity contribution >= 4 is 11.9 Å². The van der Waals surface area contributed by atoms with Crippen LogP contribution in [0.2, 0.25) is 0 Å². The van der Waals surface area contributed by atoms with Crippen molar-refractivity contribution < 1.29 is 49.1 Å². The molecule has 1 amide bonds. The average Bonchev–Trinajstić information content (AvgIpc) is 2.89. The fourth-order valence-corrected chi connectivity index (χ4v) is 4.84. The van der Waals surface area contributed by atoms with E-state index in [0.717, 1.165) is 51.4 Å². The predicted molar refractivity (Wildman–Crippen MR) is 160 cm³/mol. The lowest BCUT2D eigenvalue weighted by atomic mass is 9.96. The Kier molecular flexibility index (Phi) is 23.3. The fourth-order valence-electron chi connectivity index (χ4n) is 4.84. The van der Waals surface area contributed by atoms with Crippen LogP contribution in [0.3, 0.4) is 0 Å². The number of carbonyl (C=O) groups is 2. The number of rotatable bonds is 28. The van der Waals surface area contributed by atoms with Crippen LogP contribution in [-0.4, -0.2) is 120 Å². The van der Waals surface area contributed by atoms with Crippen molar-refractivity contribution in [2.75, 3.05) is 46.9 Å². The van der Waals surface area contributed by atoms with Gasteiger partial charge in [-0.2, -0.15) is 0 Å². The molecule has 0 aliphatic rings. The van der Waals surface area contributed by atoms with Gasteiger partial charge in [-0.3, -0.25) is 4.79 Å². The quantitative estimate of drug-likeness (QED) is 0.0651. The van der Waals surface area contributed by atoms with E-state index < -0.39 is 42.6 Å². The number of likely N-dealkylation sites (N-methyl/N-ethyl adjacent to an activating group) is 1. The first-order chi connectivity index (χ1) is 19.8. The first-order valence-corrected chi connectivity index (χ1v) is 16.0. The molecule has 0 spiro atoms. The molecule has 11 heteroatoms. The summed E-state index contributed by atoms with van der Waals surface area (Å²) in [6.45, 7) is 6.61. The van der Waals surface area contributed by atoms with E-state index in [1.807, 2.05) is 14.1 Å². The number of carboxylic acid groups (broad SMARTS) is 1. The van der Waals surface area contributed by atoms with Crippen molar-refractivity contribution in [2.45, 2.75) is 141 Å². The van der Waals surface area contributed by atoms with E-state index in [9.17, 15) is 35.1 Å². The highest BCUT2D eigenvalue weighted by Gasteiger charge is 2.29. The summed E-state index contributed by atoms with van der Waals surface area (Å²) < 4.78 is 11.9. The highest BCUT2D eigenvalue weighted by Crippen LogP contribution is 2.21. The number of quaternary nitrogens is 1. The van der Waals surface area contributed by atoms with Gasteiger partial charge in [-0.15, -0.1) is 0 Å². The Bertz CT molecular complexity index is 691. The van der Waals surface area contributed by atoms with Gasteiger partial charge < -0.3 is 49.6 Å². The number of hydrogen-bond acceptors (Lipinski definition) is 9. The first kappa shape index (κ1) is 40.7. The molecular formula is C31H62N2O9. The van der Waals surface area contributed by atoms with Gasteiger partial charge in [0.2, 0.25) is 5.91 Å². The normalized spacial score (nSPS) is 16.4. The Morgan fingerprint density at radius 2 is 1.36 bits per heavy atom. The van der Waals surface area contributed by atoms with Gasteiger partial charge >= 0.3 is 0 Å². The molecular weight excluding hydrogens is 544 g/mol. The second-order valence-electron chi connectivity index (χ2n) is 12.5. The molecule has 0 heterocycles. The van der Waals surface area contributed by atoms with Crippen LogP contribution in [0.15, 0.2) is 0 Å². The second-order valence-corrected chi connectivity index (χ2v) is 12.5. The molecule has 0 fully saturated rings. The number of unbranched alkanes of at least 4 members (excludes halogenated alkanes) is 6. The molecule has 0 saturated carbocycles. The first-order valence-electron chi connectivity index (χ1n) is 16.0. The molecule has 0 rings (SSSR count).